The van der Waals surface area contributed by atoms with E-state index >= 15 is 0 Å². The van der Waals surface area contributed by atoms with Crippen LogP contribution in [-0.4, -0.2) is 57.9 Å². The van der Waals surface area contributed by atoms with Crippen LogP contribution in [0.3, 0.4) is 0 Å². The van der Waals surface area contributed by atoms with E-state index < -0.39 is 24.7 Å². The number of aliphatic imine (C=N–C) groups is 1. The van der Waals surface area contributed by atoms with Gasteiger partial charge in [0.15, 0.2) is 6.04 Å². The summed E-state index contributed by atoms with van der Waals surface area (Å²) in [6, 6.07) is 28.9. The Labute approximate surface area is 259 Å². The van der Waals surface area contributed by atoms with Crippen molar-refractivity contribution in [3.05, 3.63) is 131 Å². The molecular formula is C35H33F2N3O5. The van der Waals surface area contributed by atoms with Crippen LogP contribution in [0.25, 0.3) is 0 Å². The van der Waals surface area contributed by atoms with Gasteiger partial charge in [-0.05, 0) is 48.7 Å². The van der Waals surface area contributed by atoms with Gasteiger partial charge >= 0.3 is 12.6 Å². The third kappa shape index (κ3) is 7.97. The number of amides is 1. The van der Waals surface area contributed by atoms with Gasteiger partial charge in [-0.15, -0.1) is 0 Å². The Kier molecular flexibility index (Phi) is 10.3. The second kappa shape index (κ2) is 14.7. The number of benzene rings is 4. The lowest BCUT2D eigenvalue weighted by molar-refractivity contribution is -0.141. The molecule has 232 valence electrons. The maximum absolute atomic E-state index is 13.7. The van der Waals surface area contributed by atoms with Crippen molar-refractivity contribution in [2.24, 2.45) is 4.99 Å². The molecule has 5 rings (SSSR count). The fraction of sp³-hybridized carbons (Fsp3) is 0.229. The van der Waals surface area contributed by atoms with Gasteiger partial charge in [0, 0.05) is 17.7 Å². The fourth-order valence-electron chi connectivity index (χ4n) is 5.47. The third-order valence-electron chi connectivity index (χ3n) is 7.65. The Bertz CT molecular complexity index is 1620. The number of alkyl halides is 2. The molecule has 4 aromatic rings. The maximum atomic E-state index is 13.7. The fourth-order valence-corrected chi connectivity index (χ4v) is 5.47. The molecule has 1 aliphatic heterocycles. The molecular weight excluding hydrogens is 580 g/mol. The van der Waals surface area contributed by atoms with Gasteiger partial charge in [-0.2, -0.15) is 8.78 Å². The number of carboxylic acid groups (broad SMARTS) is 1. The number of rotatable bonds is 12. The third-order valence-corrected chi connectivity index (χ3v) is 7.65. The topological polar surface area (TPSA) is 111 Å². The highest BCUT2D eigenvalue weighted by atomic mass is 19.3. The minimum atomic E-state index is -3.02. The number of aliphatic carboxylic acids is 1. The van der Waals surface area contributed by atoms with Crippen molar-refractivity contribution < 1.29 is 33.3 Å². The summed E-state index contributed by atoms with van der Waals surface area (Å²) >= 11 is 0. The van der Waals surface area contributed by atoms with Crippen LogP contribution in [0.5, 0.6) is 5.75 Å². The van der Waals surface area contributed by atoms with Crippen LogP contribution in [0.2, 0.25) is 0 Å². The smallest absolute Gasteiger partial charge is 0.387 e. The first-order valence-corrected chi connectivity index (χ1v) is 14.6. The lowest BCUT2D eigenvalue weighted by Gasteiger charge is -2.24. The predicted octanol–water partition coefficient (Wildman–Crippen LogP) is 5.92. The van der Waals surface area contributed by atoms with Crippen molar-refractivity contribution in [1.29, 1.82) is 0 Å². The molecule has 1 heterocycles. The van der Waals surface area contributed by atoms with Gasteiger partial charge in [0.1, 0.15) is 11.9 Å². The van der Waals surface area contributed by atoms with E-state index in [1.807, 2.05) is 36.4 Å². The summed E-state index contributed by atoms with van der Waals surface area (Å²) in [4.78, 5) is 32.8. The van der Waals surface area contributed by atoms with Gasteiger partial charge in [0.05, 0.1) is 17.4 Å². The normalized spacial score (nSPS) is 16.7. The number of carbonyl (C=O) groups excluding carboxylic acids is 1. The lowest BCUT2D eigenvalue weighted by Crippen LogP contribution is -2.39. The molecule has 3 atom stereocenters. The van der Waals surface area contributed by atoms with Crippen molar-refractivity contribution in [3.8, 4) is 5.75 Å². The first-order valence-electron chi connectivity index (χ1n) is 14.6. The van der Waals surface area contributed by atoms with Crippen LogP contribution >= 0.6 is 0 Å². The molecule has 0 aliphatic carbocycles. The number of aliphatic hydroxyl groups excluding tert-OH is 1. The Morgan fingerprint density at radius 2 is 1.56 bits per heavy atom. The monoisotopic (exact) mass is 613 g/mol. The van der Waals surface area contributed by atoms with E-state index in [9.17, 15) is 28.6 Å². The zero-order valence-corrected chi connectivity index (χ0v) is 24.3. The highest BCUT2D eigenvalue weighted by Crippen LogP contribution is 2.28. The lowest BCUT2D eigenvalue weighted by atomic mass is 9.98. The Morgan fingerprint density at radius 1 is 0.911 bits per heavy atom. The van der Waals surface area contributed by atoms with Crippen molar-refractivity contribution in [2.45, 2.75) is 44.2 Å². The first-order chi connectivity index (χ1) is 21.8. The molecule has 8 nitrogen and oxygen atoms in total. The molecule has 0 saturated carbocycles. The number of para-hydroxylation sites is 1. The summed E-state index contributed by atoms with van der Waals surface area (Å²) < 4.78 is 29.5. The maximum Gasteiger partial charge on any atom is 0.387 e. The summed E-state index contributed by atoms with van der Waals surface area (Å²) in [7, 11) is 0. The zero-order valence-electron chi connectivity index (χ0n) is 24.3. The summed E-state index contributed by atoms with van der Waals surface area (Å²) in [5, 5.41) is 24.3. The number of hydrogen-bond donors (Lipinski definition) is 3. The number of nitrogens with zero attached hydrogens (tertiary/aromatic N) is 2. The van der Waals surface area contributed by atoms with E-state index in [0.717, 1.165) is 18.5 Å². The van der Waals surface area contributed by atoms with Crippen LogP contribution in [0, 0.1) is 0 Å². The second-order valence-electron chi connectivity index (χ2n) is 10.7. The molecule has 4 aromatic carbocycles. The number of anilines is 1. The van der Waals surface area contributed by atoms with E-state index in [4.69, 9.17) is 0 Å². The van der Waals surface area contributed by atoms with Crippen LogP contribution in [0.4, 0.5) is 14.5 Å². The number of carboxylic acids is 1. The molecule has 1 fully saturated rings. The van der Waals surface area contributed by atoms with Crippen LogP contribution in [-0.2, 0) is 16.1 Å². The molecule has 1 amide bonds. The van der Waals surface area contributed by atoms with Crippen molar-refractivity contribution in [1.82, 2.24) is 4.90 Å². The molecule has 1 aliphatic rings. The summed E-state index contributed by atoms with van der Waals surface area (Å²) in [6.45, 7) is -1.59. The first kappa shape index (κ1) is 31.5. The van der Waals surface area contributed by atoms with Gasteiger partial charge in [0.25, 0.3) is 0 Å². The minimum Gasteiger partial charge on any atom is -0.480 e. The Hall–Kier alpha value is -4.93. The average Bonchev–Trinajstić information content (AvgIpc) is 3.51. The van der Waals surface area contributed by atoms with Gasteiger partial charge in [0.2, 0.25) is 5.91 Å². The molecule has 0 radical (unpaired) electrons. The number of likely N-dealkylation sites (tertiary alicyclic amines) is 1. The highest BCUT2D eigenvalue weighted by Gasteiger charge is 2.32. The number of hydrogen-bond acceptors (Lipinski definition) is 6. The van der Waals surface area contributed by atoms with E-state index in [2.05, 4.69) is 19.9 Å². The molecule has 0 aromatic heterocycles. The van der Waals surface area contributed by atoms with Crippen LogP contribution in [0.15, 0.2) is 114 Å². The quantitative estimate of drug-likeness (QED) is 0.171. The van der Waals surface area contributed by atoms with E-state index in [1.165, 1.54) is 24.3 Å². The van der Waals surface area contributed by atoms with E-state index in [0.29, 0.717) is 29.8 Å². The summed E-state index contributed by atoms with van der Waals surface area (Å²) in [5.74, 6) is -1.70. The minimum absolute atomic E-state index is 0.129. The largest absolute Gasteiger partial charge is 0.480 e. The number of halogens is 2. The zero-order chi connectivity index (χ0) is 31.8. The average molecular weight is 614 g/mol. The van der Waals surface area contributed by atoms with Gasteiger partial charge in [-0.1, -0.05) is 91.0 Å². The number of ether oxygens (including phenoxy) is 1. The van der Waals surface area contributed by atoms with E-state index in [1.54, 1.807) is 48.5 Å². The number of carbonyl (C=O) groups is 2. The van der Waals surface area contributed by atoms with Crippen LogP contribution < -0.4 is 10.1 Å². The van der Waals surface area contributed by atoms with E-state index in [-0.39, 0.29) is 29.0 Å². The molecule has 0 spiro atoms. The molecule has 3 N–H and O–H groups in total. The standard InChI is InChI=1S/C35H33F2N3O5/c36-35(37)45-26-19-17-25(18-20-26)32(41)31(34(43)44)39-30(24-12-5-2-6-13-24)27-14-7-8-15-28(27)38-33(42)29-16-9-21-40(29)22-23-10-3-1-4-11-23/h1-8,10-15,17-20,29,31-32,35,41H,9,16,21-22H2,(H,38,42)(H,43,44)/t29-,31+,32-/m0/s1. The second-order valence-corrected chi connectivity index (χ2v) is 10.7. The highest BCUT2D eigenvalue weighted by molar-refractivity contribution is 6.17. The number of nitrogens with one attached hydrogen (secondary N) is 1. The summed E-state index contributed by atoms with van der Waals surface area (Å²) in [6.07, 6.45) is -0.0281. The molecule has 0 bridgehead atoms. The molecule has 45 heavy (non-hydrogen) atoms. The molecule has 10 heteroatoms. The van der Waals surface area contributed by atoms with Crippen LogP contribution in [0.1, 0.15) is 41.2 Å². The van der Waals surface area contributed by atoms with Gasteiger partial charge in [-0.3, -0.25) is 14.7 Å². The Balaban J connectivity index is 1.46. The molecule has 0 unspecified atom stereocenters. The SMILES string of the molecule is O=C(O)[C@H](N=C(c1ccccc1)c1ccccc1NC(=O)[C@@H]1CCCN1Cc1ccccc1)[C@@H](O)c1ccc(OC(F)F)cc1. The number of aliphatic hydroxyl groups is 1. The van der Waals surface area contributed by atoms with Gasteiger partial charge < -0.3 is 20.3 Å². The van der Waals surface area contributed by atoms with Gasteiger partial charge in [-0.25, -0.2) is 4.79 Å². The molecule has 1 saturated heterocycles. The Morgan fingerprint density at radius 3 is 2.22 bits per heavy atom. The summed E-state index contributed by atoms with van der Waals surface area (Å²) in [5.41, 5.74) is 3.02. The van der Waals surface area contributed by atoms with Crippen molar-refractivity contribution in [3.63, 3.8) is 0 Å². The van der Waals surface area contributed by atoms with Crippen molar-refractivity contribution >= 4 is 23.3 Å². The predicted molar refractivity (Wildman–Crippen MR) is 166 cm³/mol. The van der Waals surface area contributed by atoms with Crippen molar-refractivity contribution in [2.75, 3.05) is 11.9 Å².